The van der Waals surface area contributed by atoms with Gasteiger partial charge in [-0.3, -0.25) is 9.59 Å². The molecule has 0 atom stereocenters. The van der Waals surface area contributed by atoms with Gasteiger partial charge in [-0.2, -0.15) is 5.10 Å². The minimum atomic E-state index is -1.02. The van der Waals surface area contributed by atoms with Gasteiger partial charge in [-0.05, 0) is 44.9 Å². The molecule has 1 N–H and O–H groups in total. The first-order valence-corrected chi connectivity index (χ1v) is 9.37. The normalized spacial score (nSPS) is 15.1. The second kappa shape index (κ2) is 8.84. The zero-order chi connectivity index (χ0) is 20.1. The number of benzene rings is 1. The van der Waals surface area contributed by atoms with Crippen molar-refractivity contribution in [2.24, 2.45) is 0 Å². The molecule has 7 nitrogen and oxygen atoms in total. The molecule has 0 bridgehead atoms. The van der Waals surface area contributed by atoms with E-state index in [2.05, 4.69) is 5.10 Å². The van der Waals surface area contributed by atoms with Crippen LogP contribution in [0.2, 0.25) is 0 Å². The first-order chi connectivity index (χ1) is 13.5. The van der Waals surface area contributed by atoms with Gasteiger partial charge in [0.1, 0.15) is 6.54 Å². The minimum absolute atomic E-state index is 0.115. The highest BCUT2D eigenvalue weighted by Gasteiger charge is 2.26. The molecule has 148 valence electrons. The Kier molecular flexibility index (Phi) is 6.26. The molecule has 0 radical (unpaired) electrons. The molecule has 1 fully saturated rings. The van der Waals surface area contributed by atoms with Gasteiger partial charge < -0.3 is 14.7 Å². The topological polar surface area (TPSA) is 84.7 Å². The van der Waals surface area contributed by atoms with E-state index in [1.165, 1.54) is 11.0 Å². The number of carbonyl (C=O) groups excluding carboxylic acids is 1. The zero-order valence-corrected chi connectivity index (χ0v) is 16.2. The predicted molar refractivity (Wildman–Crippen MR) is 105 cm³/mol. The first-order valence-electron chi connectivity index (χ1n) is 9.37. The van der Waals surface area contributed by atoms with Gasteiger partial charge in [0.05, 0.1) is 11.4 Å². The fourth-order valence-corrected chi connectivity index (χ4v) is 3.50. The maximum Gasteiger partial charge on any atom is 0.323 e. The summed E-state index contributed by atoms with van der Waals surface area (Å²) in [5.41, 5.74) is 3.54. The third kappa shape index (κ3) is 4.48. The van der Waals surface area contributed by atoms with Crippen LogP contribution in [0, 0.1) is 13.8 Å². The molecule has 2 aromatic rings. The molecule has 1 aliphatic heterocycles. The highest BCUT2D eigenvalue weighted by molar-refractivity contribution is 5.94. The third-order valence-corrected chi connectivity index (χ3v) is 4.96. The zero-order valence-electron chi connectivity index (χ0n) is 16.2. The number of carbonyl (C=O) groups is 2. The van der Waals surface area contributed by atoms with Crippen molar-refractivity contribution in [3.63, 3.8) is 0 Å². The highest BCUT2D eigenvalue weighted by Crippen LogP contribution is 2.20. The van der Waals surface area contributed by atoms with Gasteiger partial charge in [-0.25, -0.2) is 4.68 Å². The van der Waals surface area contributed by atoms with E-state index in [9.17, 15) is 14.7 Å². The lowest BCUT2D eigenvalue weighted by Crippen LogP contribution is -2.45. The first kappa shape index (κ1) is 19.8. The van der Waals surface area contributed by atoms with E-state index >= 15 is 0 Å². The number of nitrogens with zero attached hydrogens (tertiary/aromatic N) is 3. The second-order valence-electron chi connectivity index (χ2n) is 6.87. The number of aliphatic carboxylic acids is 1. The van der Waals surface area contributed by atoms with Crippen LogP contribution in [0.5, 0.6) is 0 Å². The highest BCUT2D eigenvalue weighted by atomic mass is 16.5. The number of carboxylic acid groups (broad SMARTS) is 1. The molecular formula is C21H25N3O4. The number of para-hydroxylation sites is 1. The molecule has 3 rings (SSSR count). The summed E-state index contributed by atoms with van der Waals surface area (Å²) < 4.78 is 7.17. The van der Waals surface area contributed by atoms with Crippen molar-refractivity contribution in [1.82, 2.24) is 14.7 Å². The van der Waals surface area contributed by atoms with Crippen LogP contribution in [-0.2, 0) is 14.3 Å². The molecule has 28 heavy (non-hydrogen) atoms. The second-order valence-corrected chi connectivity index (χ2v) is 6.87. The fourth-order valence-electron chi connectivity index (χ4n) is 3.50. The minimum Gasteiger partial charge on any atom is -0.480 e. The summed E-state index contributed by atoms with van der Waals surface area (Å²) in [7, 11) is 0. The molecule has 1 amide bonds. The lowest BCUT2D eigenvalue weighted by atomic mass is 10.1. The molecule has 1 saturated heterocycles. The molecule has 1 aliphatic rings. The standard InChI is InChI=1S/C21H25N3O4/c1-15-19(16(2)24(22-15)18-6-4-3-5-7-18)8-9-20(25)23(14-21(26)27)17-10-12-28-13-11-17/h3-9,17H,10-14H2,1-2H3,(H,26,27)/b9-8+. The van der Waals surface area contributed by atoms with E-state index in [-0.39, 0.29) is 18.5 Å². The lowest BCUT2D eigenvalue weighted by molar-refractivity contribution is -0.145. The Labute approximate surface area is 164 Å². The van der Waals surface area contributed by atoms with E-state index in [0.717, 1.165) is 22.6 Å². The molecule has 0 spiro atoms. The molecule has 0 aliphatic carbocycles. The number of aromatic nitrogens is 2. The van der Waals surface area contributed by atoms with Crippen molar-refractivity contribution >= 4 is 18.0 Å². The summed E-state index contributed by atoms with van der Waals surface area (Å²) in [4.78, 5) is 25.4. The molecule has 1 aromatic carbocycles. The number of ether oxygens (including phenoxy) is 1. The van der Waals surface area contributed by atoms with Gasteiger partial charge in [-0.15, -0.1) is 0 Å². The van der Waals surface area contributed by atoms with Crippen LogP contribution in [0.3, 0.4) is 0 Å². The van der Waals surface area contributed by atoms with Crippen molar-refractivity contribution in [2.75, 3.05) is 19.8 Å². The van der Waals surface area contributed by atoms with Gasteiger partial charge >= 0.3 is 5.97 Å². The molecular weight excluding hydrogens is 358 g/mol. The number of carboxylic acids is 1. The molecule has 1 aromatic heterocycles. The van der Waals surface area contributed by atoms with Crippen LogP contribution in [0.25, 0.3) is 11.8 Å². The monoisotopic (exact) mass is 383 g/mol. The number of rotatable bonds is 6. The Morgan fingerprint density at radius 2 is 1.93 bits per heavy atom. The lowest BCUT2D eigenvalue weighted by Gasteiger charge is -2.32. The number of hydrogen-bond acceptors (Lipinski definition) is 4. The van der Waals surface area contributed by atoms with Crippen LogP contribution < -0.4 is 0 Å². The predicted octanol–water partition coefficient (Wildman–Crippen LogP) is 2.59. The summed E-state index contributed by atoms with van der Waals surface area (Å²) in [6.07, 6.45) is 4.48. The summed E-state index contributed by atoms with van der Waals surface area (Å²) in [6.45, 7) is 4.61. The summed E-state index contributed by atoms with van der Waals surface area (Å²) in [6, 6.07) is 9.67. The largest absolute Gasteiger partial charge is 0.480 e. The Morgan fingerprint density at radius 3 is 2.57 bits per heavy atom. The van der Waals surface area contributed by atoms with Gasteiger partial charge in [0, 0.05) is 36.6 Å². The van der Waals surface area contributed by atoms with Crippen molar-refractivity contribution in [3.05, 3.63) is 53.4 Å². The molecule has 0 unspecified atom stereocenters. The van der Waals surface area contributed by atoms with Crippen molar-refractivity contribution in [1.29, 1.82) is 0 Å². The van der Waals surface area contributed by atoms with Gasteiger partial charge in [0.25, 0.3) is 0 Å². The average molecular weight is 383 g/mol. The van der Waals surface area contributed by atoms with Crippen LogP contribution in [0.15, 0.2) is 36.4 Å². The SMILES string of the molecule is Cc1nn(-c2ccccc2)c(C)c1/C=C/C(=O)N(CC(=O)O)C1CCOCC1. The summed E-state index contributed by atoms with van der Waals surface area (Å²) >= 11 is 0. The average Bonchev–Trinajstić information content (AvgIpc) is 2.99. The van der Waals surface area contributed by atoms with Crippen LogP contribution in [0.4, 0.5) is 0 Å². The van der Waals surface area contributed by atoms with Crippen LogP contribution in [-0.4, -0.2) is 57.5 Å². The maximum atomic E-state index is 12.8. The number of aryl methyl sites for hydroxylation is 1. The summed E-state index contributed by atoms with van der Waals surface area (Å²) in [5, 5.41) is 13.8. The van der Waals surface area contributed by atoms with Crippen LogP contribution >= 0.6 is 0 Å². The van der Waals surface area contributed by atoms with Crippen molar-refractivity contribution in [3.8, 4) is 5.69 Å². The number of amides is 1. The van der Waals surface area contributed by atoms with E-state index in [1.54, 1.807) is 6.08 Å². The molecule has 0 saturated carbocycles. The van der Waals surface area contributed by atoms with Gasteiger partial charge in [-0.1, -0.05) is 18.2 Å². The van der Waals surface area contributed by atoms with Crippen molar-refractivity contribution < 1.29 is 19.4 Å². The van der Waals surface area contributed by atoms with Crippen molar-refractivity contribution in [2.45, 2.75) is 32.7 Å². The van der Waals surface area contributed by atoms with E-state index in [0.29, 0.717) is 26.1 Å². The van der Waals surface area contributed by atoms with E-state index in [4.69, 9.17) is 4.74 Å². The maximum absolute atomic E-state index is 12.8. The Morgan fingerprint density at radius 1 is 1.25 bits per heavy atom. The Balaban J connectivity index is 1.82. The Hall–Kier alpha value is -2.93. The molecule has 2 heterocycles. The number of hydrogen-bond donors (Lipinski definition) is 1. The summed E-state index contributed by atoms with van der Waals surface area (Å²) in [5.74, 6) is -1.32. The van der Waals surface area contributed by atoms with Gasteiger partial charge in [0.2, 0.25) is 5.91 Å². The van der Waals surface area contributed by atoms with Gasteiger partial charge in [0.15, 0.2) is 0 Å². The Bertz CT molecular complexity index is 867. The third-order valence-electron chi connectivity index (χ3n) is 4.96. The van der Waals surface area contributed by atoms with Crippen LogP contribution in [0.1, 0.15) is 29.8 Å². The molecule has 7 heteroatoms. The smallest absolute Gasteiger partial charge is 0.323 e. The quantitative estimate of drug-likeness (QED) is 0.775. The van der Waals surface area contributed by atoms with E-state index in [1.807, 2.05) is 48.9 Å². The fraction of sp³-hybridized carbons (Fsp3) is 0.381. The van der Waals surface area contributed by atoms with E-state index < -0.39 is 5.97 Å².